The number of amides is 1. The molecule has 0 saturated heterocycles. The van der Waals surface area contributed by atoms with E-state index in [4.69, 9.17) is 27.9 Å². The maximum atomic E-state index is 12.8. The van der Waals surface area contributed by atoms with Crippen molar-refractivity contribution in [2.24, 2.45) is 0 Å². The van der Waals surface area contributed by atoms with Gasteiger partial charge in [-0.25, -0.2) is 9.48 Å². The molecule has 2 aromatic carbocycles. The van der Waals surface area contributed by atoms with Crippen molar-refractivity contribution in [3.63, 3.8) is 0 Å². The van der Waals surface area contributed by atoms with Gasteiger partial charge in [0.05, 0.1) is 12.2 Å². The van der Waals surface area contributed by atoms with Crippen molar-refractivity contribution >= 4 is 35.1 Å². The Morgan fingerprint density at radius 1 is 1.10 bits per heavy atom. The number of hydrogen-bond acceptors (Lipinski definition) is 4. The quantitative estimate of drug-likeness (QED) is 0.478. The number of carbonyl (C=O) groups excluding carboxylic acids is 2. The Balaban J connectivity index is 1.69. The molecule has 162 valence electrons. The van der Waals surface area contributed by atoms with Gasteiger partial charge in [0.25, 0.3) is 5.91 Å². The molecule has 8 heteroatoms. The molecular formula is C23H23Cl2N3O3. The van der Waals surface area contributed by atoms with Gasteiger partial charge in [0.2, 0.25) is 0 Å². The molecule has 1 atom stereocenters. The Morgan fingerprint density at radius 3 is 2.42 bits per heavy atom. The number of likely N-dealkylation sites (N-methyl/N-ethyl adjacent to an activating group) is 1. The van der Waals surface area contributed by atoms with E-state index in [0.29, 0.717) is 23.8 Å². The third kappa shape index (κ3) is 5.46. The summed E-state index contributed by atoms with van der Waals surface area (Å²) >= 11 is 12.6. The summed E-state index contributed by atoms with van der Waals surface area (Å²) in [6.07, 6.45) is -0.969. The van der Waals surface area contributed by atoms with E-state index in [0.717, 1.165) is 11.1 Å². The van der Waals surface area contributed by atoms with Crippen molar-refractivity contribution in [3.05, 3.63) is 87.2 Å². The van der Waals surface area contributed by atoms with Crippen LogP contribution in [-0.4, -0.2) is 39.7 Å². The molecular weight excluding hydrogens is 437 g/mol. The Bertz CT molecular complexity index is 1080. The molecule has 0 aliphatic heterocycles. The predicted molar refractivity (Wildman–Crippen MR) is 120 cm³/mol. The van der Waals surface area contributed by atoms with Gasteiger partial charge < -0.3 is 9.64 Å². The van der Waals surface area contributed by atoms with Gasteiger partial charge in [-0.05, 0) is 31.0 Å². The second kappa shape index (κ2) is 9.98. The molecule has 0 spiro atoms. The van der Waals surface area contributed by atoms with E-state index in [9.17, 15) is 9.59 Å². The van der Waals surface area contributed by atoms with E-state index in [1.165, 1.54) is 9.58 Å². The van der Waals surface area contributed by atoms with Crippen molar-refractivity contribution in [3.8, 4) is 0 Å². The zero-order chi connectivity index (χ0) is 22.5. The van der Waals surface area contributed by atoms with Gasteiger partial charge in [-0.15, -0.1) is 0 Å². The average molecular weight is 460 g/mol. The molecule has 0 saturated carbocycles. The first-order valence-electron chi connectivity index (χ1n) is 9.74. The largest absolute Gasteiger partial charge is 0.449 e. The zero-order valence-corrected chi connectivity index (χ0v) is 19.0. The average Bonchev–Trinajstić information content (AvgIpc) is 3.02. The minimum atomic E-state index is -0.969. The number of carbonyl (C=O) groups is 2. The predicted octanol–water partition coefficient (Wildman–Crippen LogP) is 4.75. The van der Waals surface area contributed by atoms with Gasteiger partial charge in [-0.3, -0.25) is 4.79 Å². The molecule has 0 aliphatic carbocycles. The number of hydrogen-bond donors (Lipinski definition) is 0. The van der Waals surface area contributed by atoms with Crippen LogP contribution in [-0.2, 0) is 22.6 Å². The number of halogens is 2. The summed E-state index contributed by atoms with van der Waals surface area (Å²) in [4.78, 5) is 26.9. The lowest BCUT2D eigenvalue weighted by molar-refractivity contribution is -0.139. The van der Waals surface area contributed by atoms with Gasteiger partial charge >= 0.3 is 5.97 Å². The van der Waals surface area contributed by atoms with Crippen LogP contribution in [0.5, 0.6) is 0 Å². The number of ether oxygens (including phenoxy) is 1. The monoisotopic (exact) mass is 459 g/mol. The standard InChI is InChI=1S/C23H23Cl2N3O3/c1-15-20(21(25)28(26-15)14-18-11-7-8-12-19(18)24)23(30)31-16(2)22(29)27(3)13-17-9-5-4-6-10-17/h4-12,16H,13-14H2,1-3H3. The Morgan fingerprint density at radius 2 is 1.74 bits per heavy atom. The molecule has 1 aromatic heterocycles. The highest BCUT2D eigenvalue weighted by molar-refractivity contribution is 6.33. The molecule has 3 rings (SSSR count). The van der Waals surface area contributed by atoms with Crippen molar-refractivity contribution in [2.45, 2.75) is 33.0 Å². The molecule has 1 amide bonds. The van der Waals surface area contributed by atoms with Gasteiger partial charge in [0.15, 0.2) is 6.10 Å². The fourth-order valence-corrected chi connectivity index (χ4v) is 3.70. The van der Waals surface area contributed by atoms with E-state index in [2.05, 4.69) is 5.10 Å². The summed E-state index contributed by atoms with van der Waals surface area (Å²) in [7, 11) is 1.67. The van der Waals surface area contributed by atoms with Crippen LogP contribution in [0.4, 0.5) is 0 Å². The fourth-order valence-electron chi connectivity index (χ4n) is 3.19. The smallest absolute Gasteiger partial charge is 0.343 e. The van der Waals surface area contributed by atoms with E-state index in [1.807, 2.05) is 48.5 Å². The van der Waals surface area contributed by atoms with E-state index in [-0.39, 0.29) is 16.6 Å². The SMILES string of the molecule is Cc1nn(Cc2ccccc2Cl)c(Cl)c1C(=O)OC(C)C(=O)N(C)Cc1ccccc1. The van der Waals surface area contributed by atoms with Gasteiger partial charge in [0, 0.05) is 18.6 Å². The van der Waals surface area contributed by atoms with Crippen LogP contribution >= 0.6 is 23.2 Å². The topological polar surface area (TPSA) is 64.4 Å². The second-order valence-electron chi connectivity index (χ2n) is 7.23. The minimum Gasteiger partial charge on any atom is -0.449 e. The lowest BCUT2D eigenvalue weighted by Gasteiger charge is -2.21. The van der Waals surface area contributed by atoms with Crippen LogP contribution in [0.3, 0.4) is 0 Å². The number of esters is 1. The second-order valence-corrected chi connectivity index (χ2v) is 7.99. The first-order chi connectivity index (χ1) is 14.8. The number of aromatic nitrogens is 2. The first kappa shape index (κ1) is 22.8. The third-order valence-corrected chi connectivity index (χ3v) is 5.57. The van der Waals surface area contributed by atoms with Crippen LogP contribution in [0.2, 0.25) is 10.2 Å². The molecule has 0 radical (unpaired) electrons. The molecule has 1 heterocycles. The molecule has 31 heavy (non-hydrogen) atoms. The summed E-state index contributed by atoms with van der Waals surface area (Å²) in [5.41, 5.74) is 2.36. The lowest BCUT2D eigenvalue weighted by atomic mass is 10.2. The minimum absolute atomic E-state index is 0.138. The van der Waals surface area contributed by atoms with Gasteiger partial charge in [0.1, 0.15) is 10.7 Å². The van der Waals surface area contributed by atoms with Crippen molar-refractivity contribution in [1.82, 2.24) is 14.7 Å². The number of aryl methyl sites for hydroxylation is 1. The van der Waals surface area contributed by atoms with Gasteiger partial charge in [-0.1, -0.05) is 71.7 Å². The molecule has 0 N–H and O–H groups in total. The molecule has 1 unspecified atom stereocenters. The molecule has 0 fully saturated rings. The maximum Gasteiger partial charge on any atom is 0.343 e. The summed E-state index contributed by atoms with van der Waals surface area (Å²) in [6.45, 7) is 3.93. The third-order valence-electron chi connectivity index (χ3n) is 4.82. The number of rotatable bonds is 7. The zero-order valence-electron chi connectivity index (χ0n) is 17.5. The van der Waals surface area contributed by atoms with Gasteiger partial charge in [-0.2, -0.15) is 5.10 Å². The van der Waals surface area contributed by atoms with Crippen LogP contribution in [0, 0.1) is 6.92 Å². The number of benzene rings is 2. The Hall–Kier alpha value is -2.83. The molecule has 6 nitrogen and oxygen atoms in total. The van der Waals surface area contributed by atoms with Crippen LogP contribution < -0.4 is 0 Å². The van der Waals surface area contributed by atoms with Crippen molar-refractivity contribution < 1.29 is 14.3 Å². The highest BCUT2D eigenvalue weighted by atomic mass is 35.5. The van der Waals surface area contributed by atoms with E-state index < -0.39 is 12.1 Å². The van der Waals surface area contributed by atoms with Crippen LogP contribution in [0.25, 0.3) is 0 Å². The maximum absolute atomic E-state index is 12.8. The molecule has 3 aromatic rings. The Labute approximate surface area is 191 Å². The highest BCUT2D eigenvalue weighted by Crippen LogP contribution is 2.24. The molecule has 0 bridgehead atoms. The summed E-state index contributed by atoms with van der Waals surface area (Å²) < 4.78 is 6.90. The first-order valence-corrected chi connectivity index (χ1v) is 10.5. The van der Waals surface area contributed by atoms with Crippen LogP contribution in [0.15, 0.2) is 54.6 Å². The summed E-state index contributed by atoms with van der Waals surface area (Å²) in [5, 5.41) is 5.06. The Kier molecular flexibility index (Phi) is 7.36. The lowest BCUT2D eigenvalue weighted by Crippen LogP contribution is -2.37. The molecule has 0 aliphatic rings. The van der Waals surface area contributed by atoms with E-state index >= 15 is 0 Å². The normalized spacial score (nSPS) is 11.8. The van der Waals surface area contributed by atoms with Crippen molar-refractivity contribution in [2.75, 3.05) is 7.05 Å². The highest BCUT2D eigenvalue weighted by Gasteiger charge is 2.27. The summed E-state index contributed by atoms with van der Waals surface area (Å²) in [6, 6.07) is 16.9. The van der Waals surface area contributed by atoms with E-state index in [1.54, 1.807) is 27.0 Å². The summed E-state index contributed by atoms with van der Waals surface area (Å²) in [5.74, 6) is -1.00. The van der Waals surface area contributed by atoms with Crippen LogP contribution in [0.1, 0.15) is 34.1 Å². The number of nitrogens with zero attached hydrogens (tertiary/aromatic N) is 3. The van der Waals surface area contributed by atoms with Crippen molar-refractivity contribution in [1.29, 1.82) is 0 Å². The fraction of sp³-hybridized carbons (Fsp3) is 0.261.